The Labute approximate surface area is 143 Å². The van der Waals surface area contributed by atoms with Gasteiger partial charge in [-0.15, -0.1) is 0 Å². The normalized spacial score (nSPS) is 13.4. The quantitative estimate of drug-likeness (QED) is 0.868. The molecular formula is C21H22N2O. The lowest BCUT2D eigenvalue weighted by molar-refractivity contribution is 0.471. The molecule has 0 aliphatic carbocycles. The molecule has 1 aliphatic heterocycles. The fourth-order valence-corrected chi connectivity index (χ4v) is 3.17. The average Bonchev–Trinajstić information content (AvgIpc) is 2.61. The van der Waals surface area contributed by atoms with Crippen molar-refractivity contribution in [1.29, 1.82) is 5.26 Å². The first-order valence-corrected chi connectivity index (χ1v) is 8.38. The molecule has 3 nitrogen and oxygen atoms in total. The number of benzene rings is 2. The van der Waals surface area contributed by atoms with Crippen LogP contribution in [0, 0.1) is 11.3 Å². The number of hydrogen-bond acceptors (Lipinski definition) is 3. The van der Waals surface area contributed by atoms with Gasteiger partial charge in [-0.1, -0.05) is 12.1 Å². The van der Waals surface area contributed by atoms with Crippen LogP contribution in [0.2, 0.25) is 0 Å². The number of ether oxygens (including phenoxy) is 1. The molecule has 0 saturated heterocycles. The molecule has 0 radical (unpaired) electrons. The van der Waals surface area contributed by atoms with Crippen LogP contribution in [0.3, 0.4) is 0 Å². The van der Waals surface area contributed by atoms with E-state index >= 15 is 0 Å². The lowest BCUT2D eigenvalue weighted by Crippen LogP contribution is -2.22. The van der Waals surface area contributed by atoms with Crippen LogP contribution < -0.4 is 20.1 Å². The van der Waals surface area contributed by atoms with E-state index < -0.39 is 0 Å². The highest BCUT2D eigenvalue weighted by atomic mass is 16.5. The summed E-state index contributed by atoms with van der Waals surface area (Å²) in [6, 6.07) is 14.6. The maximum absolute atomic E-state index is 9.12. The maximum atomic E-state index is 9.12. The third-order valence-corrected chi connectivity index (χ3v) is 4.70. The second-order valence-electron chi connectivity index (χ2n) is 6.03. The smallest absolute Gasteiger partial charge is 0.137 e. The summed E-state index contributed by atoms with van der Waals surface area (Å²) in [6.45, 7) is 10.2. The topological polar surface area (TPSA) is 36.3 Å². The third-order valence-electron chi connectivity index (χ3n) is 4.70. The van der Waals surface area contributed by atoms with Crippen molar-refractivity contribution in [2.45, 2.75) is 27.7 Å². The van der Waals surface area contributed by atoms with Gasteiger partial charge in [0.15, 0.2) is 0 Å². The Kier molecular flexibility index (Phi) is 4.31. The average molecular weight is 318 g/mol. The van der Waals surface area contributed by atoms with E-state index in [-0.39, 0.29) is 0 Å². The Hall–Kier alpha value is -2.73. The van der Waals surface area contributed by atoms with Crippen molar-refractivity contribution in [2.75, 3.05) is 18.0 Å². The van der Waals surface area contributed by atoms with Gasteiger partial charge in [-0.3, -0.25) is 0 Å². The highest BCUT2D eigenvalue weighted by molar-refractivity contribution is 5.75. The van der Waals surface area contributed by atoms with Gasteiger partial charge in [-0.2, -0.15) is 5.26 Å². The second-order valence-corrected chi connectivity index (χ2v) is 6.03. The van der Waals surface area contributed by atoms with Crippen molar-refractivity contribution in [3.63, 3.8) is 0 Å². The van der Waals surface area contributed by atoms with Crippen LogP contribution in [0.1, 0.15) is 33.3 Å². The van der Waals surface area contributed by atoms with Gasteiger partial charge in [0, 0.05) is 41.2 Å². The molecule has 24 heavy (non-hydrogen) atoms. The first-order chi connectivity index (χ1) is 11.6. The highest BCUT2D eigenvalue weighted by Gasteiger charge is 2.17. The monoisotopic (exact) mass is 318 g/mol. The molecule has 0 saturated carbocycles. The van der Waals surface area contributed by atoms with Crippen molar-refractivity contribution in [1.82, 2.24) is 0 Å². The zero-order valence-electron chi connectivity index (χ0n) is 14.7. The maximum Gasteiger partial charge on any atom is 0.137 e. The third kappa shape index (κ3) is 2.65. The Bertz CT molecular complexity index is 947. The fraction of sp³-hybridized carbons (Fsp3) is 0.286. The van der Waals surface area contributed by atoms with Crippen LogP contribution >= 0.6 is 0 Å². The van der Waals surface area contributed by atoms with E-state index in [0.29, 0.717) is 5.57 Å². The van der Waals surface area contributed by atoms with E-state index in [1.807, 2.05) is 25.1 Å². The summed E-state index contributed by atoms with van der Waals surface area (Å²) < 4.78 is 6.19. The van der Waals surface area contributed by atoms with Crippen molar-refractivity contribution in [2.24, 2.45) is 0 Å². The minimum atomic E-state index is 0.696. The van der Waals surface area contributed by atoms with Crippen LogP contribution in [0.5, 0.6) is 11.5 Å². The van der Waals surface area contributed by atoms with Crippen molar-refractivity contribution >= 4 is 16.8 Å². The first-order valence-electron chi connectivity index (χ1n) is 8.38. The van der Waals surface area contributed by atoms with Crippen molar-refractivity contribution in [3.8, 4) is 17.6 Å². The molecule has 3 heteroatoms. The van der Waals surface area contributed by atoms with Crippen molar-refractivity contribution in [3.05, 3.63) is 52.4 Å². The molecule has 0 spiro atoms. The van der Waals surface area contributed by atoms with E-state index in [9.17, 15) is 0 Å². The zero-order chi connectivity index (χ0) is 17.3. The lowest BCUT2D eigenvalue weighted by atomic mass is 9.99. The van der Waals surface area contributed by atoms with E-state index in [1.165, 1.54) is 11.3 Å². The molecule has 0 bridgehead atoms. The van der Waals surface area contributed by atoms with Gasteiger partial charge in [0.25, 0.3) is 0 Å². The predicted octanol–water partition coefficient (Wildman–Crippen LogP) is 3.55. The van der Waals surface area contributed by atoms with Gasteiger partial charge < -0.3 is 9.64 Å². The molecule has 1 heterocycles. The van der Waals surface area contributed by atoms with Crippen molar-refractivity contribution < 1.29 is 4.74 Å². The summed E-state index contributed by atoms with van der Waals surface area (Å²) in [5, 5.41) is 11.1. The number of hydrogen-bond donors (Lipinski definition) is 0. The fourth-order valence-electron chi connectivity index (χ4n) is 3.17. The van der Waals surface area contributed by atoms with Crippen LogP contribution in [-0.2, 0) is 0 Å². The van der Waals surface area contributed by atoms with Gasteiger partial charge in [-0.25, -0.2) is 0 Å². The lowest BCUT2D eigenvalue weighted by Gasteiger charge is -2.24. The standard InChI is InChI=1S/C21H22N2O/c1-5-23(6-2)17-8-10-19-15(4)18-9-7-16(14(3)13-22)11-20(18)24-21(19)12-17/h7-12H,5-6H2,1-4H3/b16-14-. The number of fused-ring (bicyclic) bond motifs is 2. The Morgan fingerprint density at radius 1 is 1.08 bits per heavy atom. The molecule has 0 N–H and O–H groups in total. The van der Waals surface area contributed by atoms with E-state index in [1.54, 1.807) is 0 Å². The summed E-state index contributed by atoms with van der Waals surface area (Å²) >= 11 is 0. The molecule has 3 rings (SSSR count). The first kappa shape index (κ1) is 16.1. The Morgan fingerprint density at radius 2 is 1.83 bits per heavy atom. The summed E-state index contributed by atoms with van der Waals surface area (Å²) in [5.41, 5.74) is 4.21. The summed E-state index contributed by atoms with van der Waals surface area (Å²) in [7, 11) is 0. The predicted molar refractivity (Wildman–Crippen MR) is 98.6 cm³/mol. The zero-order valence-corrected chi connectivity index (χ0v) is 14.7. The number of nitrogens with zero attached hydrogens (tertiary/aromatic N) is 2. The largest absolute Gasteiger partial charge is 0.456 e. The molecule has 0 atom stereocenters. The van der Waals surface area contributed by atoms with Crippen LogP contribution in [0.25, 0.3) is 11.1 Å². The Balaban J connectivity index is 2.17. The molecule has 122 valence electrons. The minimum absolute atomic E-state index is 0.696. The molecular weight excluding hydrogens is 296 g/mol. The van der Waals surface area contributed by atoms with Gasteiger partial charge in [0.2, 0.25) is 0 Å². The van der Waals surface area contributed by atoms with E-state index in [0.717, 1.165) is 40.6 Å². The number of anilines is 1. The minimum Gasteiger partial charge on any atom is -0.456 e. The molecule has 0 amide bonds. The summed E-state index contributed by atoms with van der Waals surface area (Å²) in [6.07, 6.45) is 0. The molecule has 2 aromatic carbocycles. The van der Waals surface area contributed by atoms with E-state index in [4.69, 9.17) is 10.00 Å². The molecule has 2 aromatic rings. The molecule has 0 aromatic heterocycles. The summed E-state index contributed by atoms with van der Waals surface area (Å²) in [4.78, 5) is 2.30. The second kappa shape index (κ2) is 6.41. The number of rotatable bonds is 3. The summed E-state index contributed by atoms with van der Waals surface area (Å²) in [5.74, 6) is 1.71. The van der Waals surface area contributed by atoms with Crippen LogP contribution in [-0.4, -0.2) is 13.1 Å². The van der Waals surface area contributed by atoms with Crippen LogP contribution in [0.4, 0.5) is 5.69 Å². The molecule has 0 fully saturated rings. The van der Waals surface area contributed by atoms with Gasteiger partial charge >= 0.3 is 0 Å². The van der Waals surface area contributed by atoms with Crippen LogP contribution in [0.15, 0.2) is 36.4 Å². The Morgan fingerprint density at radius 3 is 2.50 bits per heavy atom. The van der Waals surface area contributed by atoms with E-state index in [2.05, 4.69) is 49.9 Å². The van der Waals surface area contributed by atoms with Gasteiger partial charge in [0.1, 0.15) is 11.5 Å². The van der Waals surface area contributed by atoms with Gasteiger partial charge in [0.05, 0.1) is 6.07 Å². The number of nitriles is 1. The SMILES string of the molecule is CCN(CC)c1ccc2c(c1)Oc1c/c(=C(/C)C#N)ccc1=C2C. The van der Waals surface area contributed by atoms with Gasteiger partial charge in [-0.05, 0) is 56.7 Å². The highest BCUT2D eigenvalue weighted by Crippen LogP contribution is 2.35. The molecule has 1 aliphatic rings. The molecule has 0 unspecified atom stereocenters.